The van der Waals surface area contributed by atoms with Gasteiger partial charge in [-0.1, -0.05) is 51.0 Å². The second-order valence-corrected chi connectivity index (χ2v) is 10.8. The zero-order valence-electron chi connectivity index (χ0n) is 17.9. The Morgan fingerprint density at radius 2 is 1.07 bits per heavy atom. The number of hydrogen-bond acceptors (Lipinski definition) is 2. The van der Waals surface area contributed by atoms with Crippen molar-refractivity contribution >= 4 is 0 Å². The third kappa shape index (κ3) is 2.82. The van der Waals surface area contributed by atoms with Crippen LogP contribution in [-0.4, -0.2) is 10.2 Å². The normalized spacial score (nSPS) is 37.7. The van der Waals surface area contributed by atoms with Crippen LogP contribution < -0.4 is 0 Å². The van der Waals surface area contributed by atoms with Crippen molar-refractivity contribution in [1.82, 2.24) is 0 Å². The molecule has 2 heteroatoms. The van der Waals surface area contributed by atoms with Gasteiger partial charge in [0.25, 0.3) is 0 Å². The Kier molecular flexibility index (Phi) is 4.11. The van der Waals surface area contributed by atoms with Crippen LogP contribution in [0.5, 0.6) is 11.5 Å². The zero-order chi connectivity index (χ0) is 20.3. The molecule has 4 bridgehead atoms. The lowest BCUT2D eigenvalue weighted by Gasteiger charge is -2.71. The number of phenols is 2. The molecule has 4 saturated carbocycles. The van der Waals surface area contributed by atoms with Crippen molar-refractivity contribution in [3.05, 3.63) is 59.7 Å². The lowest BCUT2D eigenvalue weighted by Crippen LogP contribution is -2.64. The summed E-state index contributed by atoms with van der Waals surface area (Å²) in [5.41, 5.74) is 4.07. The molecule has 0 aliphatic heterocycles. The van der Waals surface area contributed by atoms with E-state index in [0.29, 0.717) is 22.3 Å². The summed E-state index contributed by atoms with van der Waals surface area (Å²) in [6.45, 7) is 4.75. The van der Waals surface area contributed by atoms with Crippen LogP contribution in [0.2, 0.25) is 0 Å². The zero-order valence-corrected chi connectivity index (χ0v) is 17.9. The lowest BCUT2D eigenvalue weighted by molar-refractivity contribution is -0.146. The summed E-state index contributed by atoms with van der Waals surface area (Å²) in [5, 5.41) is 19.8. The molecule has 6 rings (SSSR count). The van der Waals surface area contributed by atoms with E-state index in [1.165, 1.54) is 68.9 Å². The molecule has 2 aromatic carbocycles. The molecule has 0 spiro atoms. The highest BCUT2D eigenvalue weighted by Gasteiger charge is 2.67. The van der Waals surface area contributed by atoms with Crippen molar-refractivity contribution in [3.63, 3.8) is 0 Å². The van der Waals surface area contributed by atoms with Gasteiger partial charge in [-0.15, -0.1) is 0 Å². The van der Waals surface area contributed by atoms with Crippen LogP contribution in [-0.2, 0) is 10.8 Å². The SMILES string of the molecule is CCCC12CC3(CC)CC(c4ccc(O)cc4)(C1)CC(c1ccc(O)cc1)(C3)C2. The third-order valence-corrected chi connectivity index (χ3v) is 8.77. The minimum Gasteiger partial charge on any atom is -0.508 e. The monoisotopic (exact) mass is 390 g/mol. The highest BCUT2D eigenvalue weighted by molar-refractivity contribution is 5.42. The van der Waals surface area contributed by atoms with Gasteiger partial charge in [0.15, 0.2) is 0 Å². The standard InChI is InChI=1S/C27H34O2/c1-3-13-25-14-24(4-2)15-26(17-25,20-5-9-22(28)10-6-20)19-27(16-24,18-25)21-7-11-23(29)12-8-21/h5-12,28-29H,3-4,13-19H2,1-2H3. The maximum atomic E-state index is 9.90. The molecule has 0 aromatic heterocycles. The van der Waals surface area contributed by atoms with Gasteiger partial charge in [0.2, 0.25) is 0 Å². The summed E-state index contributed by atoms with van der Waals surface area (Å²) in [5.74, 6) is 0.723. The van der Waals surface area contributed by atoms with E-state index < -0.39 is 0 Å². The number of aromatic hydroxyl groups is 2. The first-order valence-corrected chi connectivity index (χ1v) is 11.5. The van der Waals surface area contributed by atoms with Crippen molar-refractivity contribution in [2.75, 3.05) is 0 Å². The van der Waals surface area contributed by atoms with Crippen LogP contribution in [0.25, 0.3) is 0 Å². The summed E-state index contributed by atoms with van der Waals surface area (Å²) < 4.78 is 0. The molecule has 4 fully saturated rings. The van der Waals surface area contributed by atoms with E-state index in [9.17, 15) is 10.2 Å². The number of rotatable bonds is 5. The molecule has 4 aliphatic carbocycles. The predicted octanol–water partition coefficient (Wildman–Crippen LogP) is 6.84. The van der Waals surface area contributed by atoms with Crippen LogP contribution in [0.15, 0.2) is 48.5 Å². The lowest BCUT2D eigenvalue weighted by atomic mass is 9.33. The van der Waals surface area contributed by atoms with Crippen LogP contribution in [0.4, 0.5) is 0 Å². The molecule has 2 atom stereocenters. The fraction of sp³-hybridized carbons (Fsp3) is 0.556. The first kappa shape index (κ1) is 19.0. The Balaban J connectivity index is 1.69. The van der Waals surface area contributed by atoms with E-state index in [2.05, 4.69) is 38.1 Å². The molecule has 154 valence electrons. The van der Waals surface area contributed by atoms with Gasteiger partial charge in [0, 0.05) is 0 Å². The first-order chi connectivity index (χ1) is 13.9. The number of hydrogen-bond donors (Lipinski definition) is 2. The van der Waals surface area contributed by atoms with Gasteiger partial charge in [0.05, 0.1) is 0 Å². The van der Waals surface area contributed by atoms with Crippen molar-refractivity contribution < 1.29 is 10.2 Å². The Labute approximate surface area is 175 Å². The predicted molar refractivity (Wildman–Crippen MR) is 117 cm³/mol. The molecule has 0 amide bonds. The average Bonchev–Trinajstić information content (AvgIpc) is 2.68. The van der Waals surface area contributed by atoms with Crippen molar-refractivity contribution in [3.8, 4) is 11.5 Å². The summed E-state index contributed by atoms with van der Waals surface area (Å²) in [6.07, 6.45) is 11.5. The third-order valence-electron chi connectivity index (χ3n) is 8.77. The van der Waals surface area contributed by atoms with E-state index in [1.807, 2.05) is 24.3 Å². The second kappa shape index (κ2) is 6.27. The highest BCUT2D eigenvalue weighted by Crippen LogP contribution is 2.75. The largest absolute Gasteiger partial charge is 0.508 e. The summed E-state index contributed by atoms with van der Waals surface area (Å²) in [6, 6.07) is 16.3. The summed E-state index contributed by atoms with van der Waals surface area (Å²) >= 11 is 0. The van der Waals surface area contributed by atoms with E-state index in [0.717, 1.165) is 0 Å². The fourth-order valence-electron chi connectivity index (χ4n) is 8.48. The smallest absolute Gasteiger partial charge is 0.115 e. The van der Waals surface area contributed by atoms with Gasteiger partial charge in [-0.2, -0.15) is 0 Å². The van der Waals surface area contributed by atoms with Crippen LogP contribution in [0, 0.1) is 10.8 Å². The van der Waals surface area contributed by atoms with Crippen LogP contribution in [0.1, 0.15) is 82.8 Å². The average molecular weight is 391 g/mol. The van der Waals surface area contributed by atoms with E-state index >= 15 is 0 Å². The molecule has 2 nitrogen and oxygen atoms in total. The van der Waals surface area contributed by atoms with E-state index in [-0.39, 0.29) is 10.8 Å². The Hall–Kier alpha value is -1.96. The van der Waals surface area contributed by atoms with Crippen molar-refractivity contribution in [1.29, 1.82) is 0 Å². The van der Waals surface area contributed by atoms with Crippen molar-refractivity contribution in [2.45, 2.75) is 82.5 Å². The van der Waals surface area contributed by atoms with Crippen LogP contribution in [0.3, 0.4) is 0 Å². The van der Waals surface area contributed by atoms with Gasteiger partial charge >= 0.3 is 0 Å². The first-order valence-electron chi connectivity index (χ1n) is 11.5. The molecule has 0 saturated heterocycles. The molecule has 2 aromatic rings. The molecule has 2 unspecified atom stereocenters. The van der Waals surface area contributed by atoms with Gasteiger partial charge in [-0.25, -0.2) is 0 Å². The van der Waals surface area contributed by atoms with E-state index in [4.69, 9.17) is 0 Å². The Morgan fingerprint density at radius 3 is 1.48 bits per heavy atom. The van der Waals surface area contributed by atoms with Gasteiger partial charge in [-0.05, 0) is 102 Å². The molecular weight excluding hydrogens is 356 g/mol. The second-order valence-electron chi connectivity index (χ2n) is 10.8. The minimum absolute atomic E-state index is 0.200. The quantitative estimate of drug-likeness (QED) is 0.587. The topological polar surface area (TPSA) is 40.5 Å². The fourth-order valence-corrected chi connectivity index (χ4v) is 8.48. The number of phenolic OH excluding ortho intramolecular Hbond substituents is 2. The van der Waals surface area contributed by atoms with Gasteiger partial charge in [-0.3, -0.25) is 0 Å². The van der Waals surface area contributed by atoms with Gasteiger partial charge < -0.3 is 10.2 Å². The molecular formula is C27H34O2. The molecule has 4 aliphatic rings. The summed E-state index contributed by atoms with van der Waals surface area (Å²) in [4.78, 5) is 0. The maximum Gasteiger partial charge on any atom is 0.115 e. The highest BCUT2D eigenvalue weighted by atomic mass is 16.3. The van der Waals surface area contributed by atoms with Crippen molar-refractivity contribution in [2.24, 2.45) is 10.8 Å². The Morgan fingerprint density at radius 1 is 0.621 bits per heavy atom. The van der Waals surface area contributed by atoms with E-state index in [1.54, 1.807) is 0 Å². The molecule has 0 heterocycles. The van der Waals surface area contributed by atoms with Crippen LogP contribution >= 0.6 is 0 Å². The Bertz CT molecular complexity index is 834. The molecule has 0 radical (unpaired) electrons. The summed E-state index contributed by atoms with van der Waals surface area (Å²) in [7, 11) is 0. The minimum atomic E-state index is 0.200. The molecule has 29 heavy (non-hydrogen) atoms. The molecule has 2 N–H and O–H groups in total. The van der Waals surface area contributed by atoms with Gasteiger partial charge in [0.1, 0.15) is 11.5 Å². The maximum absolute atomic E-state index is 9.90. The number of benzene rings is 2.